The lowest BCUT2D eigenvalue weighted by molar-refractivity contribution is -0.138. The Morgan fingerprint density at radius 3 is 2.52 bits per heavy atom. The Labute approximate surface area is 272 Å². The van der Waals surface area contributed by atoms with Crippen molar-refractivity contribution in [3.63, 3.8) is 0 Å². The minimum atomic E-state index is -1.28. The molecule has 3 amide bonds. The highest BCUT2D eigenvalue weighted by Crippen LogP contribution is 2.48. The van der Waals surface area contributed by atoms with Gasteiger partial charge in [-0.1, -0.05) is 29.8 Å². The van der Waals surface area contributed by atoms with Gasteiger partial charge in [-0.3, -0.25) is 19.2 Å². The summed E-state index contributed by atoms with van der Waals surface area (Å²) in [5.74, 6) is -0.660. The topological polar surface area (TPSA) is 126 Å². The largest absolute Gasteiger partial charge is 0.350 e. The molecule has 1 atom stereocenters. The van der Waals surface area contributed by atoms with Gasteiger partial charge in [0.25, 0.3) is 5.91 Å². The zero-order chi connectivity index (χ0) is 32.8. The predicted molar refractivity (Wildman–Crippen MR) is 175 cm³/mol. The molecule has 2 N–H and O–H groups in total. The summed E-state index contributed by atoms with van der Waals surface area (Å²) in [7, 11) is -1.28. The molecule has 0 unspecified atom stereocenters. The Kier molecular flexibility index (Phi) is 8.36. The summed E-state index contributed by atoms with van der Waals surface area (Å²) in [4.78, 5) is 62.4. The molecule has 13 heteroatoms. The van der Waals surface area contributed by atoms with Crippen LogP contribution in [0.25, 0.3) is 10.9 Å². The summed E-state index contributed by atoms with van der Waals surface area (Å²) in [6.45, 7) is 1.36. The minimum Gasteiger partial charge on any atom is -0.350 e. The van der Waals surface area contributed by atoms with E-state index < -0.39 is 27.4 Å². The zero-order valence-corrected chi connectivity index (χ0v) is 27.3. The van der Waals surface area contributed by atoms with E-state index in [0.717, 1.165) is 18.4 Å². The van der Waals surface area contributed by atoms with E-state index in [9.17, 15) is 23.6 Å². The van der Waals surface area contributed by atoms with Crippen LogP contribution >= 0.6 is 21.6 Å². The van der Waals surface area contributed by atoms with Gasteiger partial charge >= 0.3 is 0 Å². The highest BCUT2D eigenvalue weighted by Gasteiger charge is 2.46. The van der Waals surface area contributed by atoms with Crippen LogP contribution in [0.5, 0.6) is 0 Å². The summed E-state index contributed by atoms with van der Waals surface area (Å²) >= 11 is 5.89. The molecule has 2 fully saturated rings. The smallest absolute Gasteiger partial charge is 0.289 e. The zero-order valence-electron chi connectivity index (χ0n) is 25.7. The number of amides is 3. The van der Waals surface area contributed by atoms with Crippen molar-refractivity contribution in [2.24, 2.45) is 0 Å². The lowest BCUT2D eigenvalue weighted by atomic mass is 10.0. The van der Waals surface area contributed by atoms with E-state index in [2.05, 4.69) is 33.1 Å². The van der Waals surface area contributed by atoms with Crippen LogP contribution in [0.4, 0.5) is 4.39 Å². The van der Waals surface area contributed by atoms with Crippen molar-refractivity contribution in [1.82, 2.24) is 30.1 Å². The molecular formula is C33H34ClFN6O4S. The Balaban J connectivity index is 1.22. The second kappa shape index (κ2) is 12.1. The van der Waals surface area contributed by atoms with Gasteiger partial charge in [0.05, 0.1) is 16.4 Å². The number of nitrogens with zero attached hydrogens (tertiary/aromatic N) is 4. The molecule has 10 nitrogen and oxygen atoms in total. The molecule has 1 saturated carbocycles. The van der Waals surface area contributed by atoms with Crippen LogP contribution in [-0.2, 0) is 28.2 Å². The molecule has 1 saturated heterocycles. The number of benzene rings is 2. The van der Waals surface area contributed by atoms with Gasteiger partial charge in [-0.2, -0.15) is 0 Å². The molecule has 0 radical (unpaired) electrons. The van der Waals surface area contributed by atoms with Crippen LogP contribution in [0.15, 0.2) is 61.1 Å². The lowest BCUT2D eigenvalue weighted by Gasteiger charge is -2.25. The van der Waals surface area contributed by atoms with Crippen molar-refractivity contribution in [2.45, 2.75) is 44.4 Å². The molecule has 0 bridgehead atoms. The van der Waals surface area contributed by atoms with Crippen molar-refractivity contribution in [2.75, 3.05) is 24.1 Å². The van der Waals surface area contributed by atoms with Crippen LogP contribution in [-0.4, -0.2) is 73.1 Å². The normalized spacial score (nSPS) is 18.6. The maximum absolute atomic E-state index is 14.4. The number of fused-ring (bicyclic) bond motifs is 1. The second-order valence-electron chi connectivity index (χ2n) is 12.4. The van der Waals surface area contributed by atoms with Crippen LogP contribution in [0.3, 0.4) is 0 Å². The lowest BCUT2D eigenvalue weighted by Crippen LogP contribution is -2.48. The maximum atomic E-state index is 14.4. The van der Waals surface area contributed by atoms with Gasteiger partial charge in [0.15, 0.2) is 5.78 Å². The van der Waals surface area contributed by atoms with E-state index in [4.69, 9.17) is 11.6 Å². The molecule has 46 heavy (non-hydrogen) atoms. The summed E-state index contributed by atoms with van der Waals surface area (Å²) in [5.41, 5.74) is 1.69. The first-order chi connectivity index (χ1) is 21.9. The summed E-state index contributed by atoms with van der Waals surface area (Å²) in [6.07, 6.45) is 10.3. The van der Waals surface area contributed by atoms with Crippen LogP contribution in [0, 0.1) is 5.82 Å². The standard InChI is InChI=1S/C33H34ClFN6O4S/c1-20(42)24-16-40(26-9-8-22(14-23(24)26)33(10-11-33)39-32(45)30-36-12-5-13-37-30)17-28(43)41-19-46(2,3)18-27(41)31(44)38-15-21-6-4-7-25(34)29(21)35/h4-9,12-14,16,27H,10-11,15,17-19H2,1-3H3,(H,38,44)(H,39,45)/t27-/m0/s1. The van der Waals surface area contributed by atoms with Gasteiger partial charge in [-0.25, -0.2) is 24.4 Å². The van der Waals surface area contributed by atoms with E-state index >= 15 is 0 Å². The SMILES string of the molecule is CC(=O)c1cn(CC(=O)N2CS(C)(C)C[C@H]2C(=O)NCc2cccc(Cl)c2F)c2ccc(C3(NC(=O)c4ncccn4)CC3)cc12. The average molecular weight is 665 g/mol. The summed E-state index contributed by atoms with van der Waals surface area (Å²) in [5, 5.41) is 6.50. The first-order valence-corrected chi connectivity index (χ1v) is 18.0. The third-order valence-electron chi connectivity index (χ3n) is 8.57. The van der Waals surface area contributed by atoms with Gasteiger partial charge < -0.3 is 20.1 Å². The molecule has 4 aromatic rings. The van der Waals surface area contributed by atoms with Crippen LogP contribution in [0.2, 0.25) is 5.02 Å². The Morgan fingerprint density at radius 2 is 1.83 bits per heavy atom. The number of hydrogen-bond donors (Lipinski definition) is 2. The van der Waals surface area contributed by atoms with Gasteiger partial charge in [0.1, 0.15) is 18.4 Å². The number of hydrogen-bond acceptors (Lipinski definition) is 6. The minimum absolute atomic E-state index is 0.0233. The van der Waals surface area contributed by atoms with Crippen molar-refractivity contribution < 1.29 is 23.6 Å². The number of carbonyl (C=O) groups is 4. The molecule has 2 aromatic heterocycles. The van der Waals surface area contributed by atoms with Crippen LogP contribution < -0.4 is 10.6 Å². The highest BCUT2D eigenvalue weighted by molar-refractivity contribution is 8.32. The fourth-order valence-electron chi connectivity index (χ4n) is 6.03. The van der Waals surface area contributed by atoms with Crippen molar-refractivity contribution in [3.8, 4) is 0 Å². The second-order valence-corrected chi connectivity index (χ2v) is 17.0. The molecule has 6 rings (SSSR count). The fourth-order valence-corrected chi connectivity index (χ4v) is 8.59. The Morgan fingerprint density at radius 1 is 1.09 bits per heavy atom. The number of carbonyl (C=O) groups excluding carboxylic acids is 4. The van der Waals surface area contributed by atoms with E-state index in [1.54, 1.807) is 33.9 Å². The number of nitrogens with one attached hydrogen (secondary N) is 2. The van der Waals surface area contributed by atoms with Crippen LogP contribution in [0.1, 0.15) is 51.9 Å². The first-order valence-electron chi connectivity index (χ1n) is 14.8. The van der Waals surface area contributed by atoms with Crippen molar-refractivity contribution >= 4 is 56.0 Å². The van der Waals surface area contributed by atoms with Crippen molar-refractivity contribution in [1.29, 1.82) is 0 Å². The average Bonchev–Trinajstić information content (AvgIpc) is 3.61. The molecule has 1 aliphatic carbocycles. The highest BCUT2D eigenvalue weighted by atomic mass is 35.5. The molecule has 2 aliphatic rings. The number of Topliss-reactive ketones (excluding diaryl/α,β-unsaturated/α-hetero) is 1. The van der Waals surface area contributed by atoms with Gasteiger partial charge in [0.2, 0.25) is 17.6 Å². The molecule has 240 valence electrons. The first kappa shape index (κ1) is 31.7. The van der Waals surface area contributed by atoms with E-state index in [1.165, 1.54) is 25.4 Å². The quantitative estimate of drug-likeness (QED) is 0.256. The molecule has 1 aliphatic heterocycles. The monoisotopic (exact) mass is 664 g/mol. The molecular weight excluding hydrogens is 631 g/mol. The number of rotatable bonds is 9. The van der Waals surface area contributed by atoms with Gasteiger partial charge in [-0.15, -0.1) is 0 Å². The molecule has 2 aromatic carbocycles. The summed E-state index contributed by atoms with van der Waals surface area (Å²) < 4.78 is 16.2. The fraction of sp³-hybridized carbons (Fsp3) is 0.333. The molecule has 0 spiro atoms. The van der Waals surface area contributed by atoms with E-state index in [-0.39, 0.29) is 53.0 Å². The van der Waals surface area contributed by atoms with Gasteiger partial charge in [-0.05, 0) is 62.1 Å². The van der Waals surface area contributed by atoms with E-state index in [1.807, 2.05) is 18.2 Å². The maximum Gasteiger partial charge on any atom is 0.289 e. The third-order valence-corrected chi connectivity index (χ3v) is 11.1. The number of aromatic nitrogens is 3. The molecule has 3 heterocycles. The Hall–Kier alpha value is -4.29. The van der Waals surface area contributed by atoms with Gasteiger partial charge in [0, 0.05) is 52.9 Å². The summed E-state index contributed by atoms with van der Waals surface area (Å²) in [6, 6.07) is 11.2. The Bertz CT molecular complexity index is 1880. The number of ketones is 1. The number of halogens is 2. The van der Waals surface area contributed by atoms with E-state index in [0.29, 0.717) is 28.1 Å². The third kappa shape index (κ3) is 6.23. The van der Waals surface area contributed by atoms with Crippen molar-refractivity contribution in [3.05, 3.63) is 94.4 Å². The predicted octanol–water partition coefficient (Wildman–Crippen LogP) is 4.39.